The second-order valence-electron chi connectivity index (χ2n) is 9.70. The van der Waals surface area contributed by atoms with Gasteiger partial charge in [-0.1, -0.05) is 48.5 Å². The Bertz CT molecular complexity index is 1520. The Morgan fingerprint density at radius 2 is 1.60 bits per heavy atom. The standard InChI is InChI=1S/C32H29F3N2O3/c1-20-16-24(28-6-4-5-7-29(28)33)19-27(17-20)37(3)31(40)23-10-14-26(15-11-23)36-30(39)18-22-8-12-25(13-9-22)32(34,35)21(2)38/h4-17,19,21,38H,18H2,1-3H3,(H,36,39). The van der Waals surface area contributed by atoms with E-state index in [0.717, 1.165) is 12.5 Å². The number of nitrogens with zero attached hydrogens (tertiary/aromatic N) is 1. The van der Waals surface area contributed by atoms with Crippen molar-refractivity contribution < 1.29 is 27.9 Å². The van der Waals surface area contributed by atoms with E-state index in [4.69, 9.17) is 0 Å². The van der Waals surface area contributed by atoms with Crippen LogP contribution in [-0.4, -0.2) is 30.1 Å². The summed E-state index contributed by atoms with van der Waals surface area (Å²) in [6, 6.07) is 23.5. The summed E-state index contributed by atoms with van der Waals surface area (Å²) >= 11 is 0. The fourth-order valence-corrected chi connectivity index (χ4v) is 4.29. The molecule has 0 aliphatic rings. The van der Waals surface area contributed by atoms with Crippen LogP contribution in [0.2, 0.25) is 0 Å². The van der Waals surface area contributed by atoms with Gasteiger partial charge in [-0.2, -0.15) is 8.78 Å². The number of nitrogens with one attached hydrogen (secondary N) is 1. The zero-order chi connectivity index (χ0) is 29.0. The molecule has 1 unspecified atom stereocenters. The van der Waals surface area contributed by atoms with Crippen LogP contribution in [-0.2, 0) is 17.1 Å². The van der Waals surface area contributed by atoms with Gasteiger partial charge in [-0.05, 0) is 73.0 Å². The minimum Gasteiger partial charge on any atom is -0.387 e. The van der Waals surface area contributed by atoms with Crippen LogP contribution >= 0.6 is 0 Å². The van der Waals surface area contributed by atoms with Crippen molar-refractivity contribution in [2.45, 2.75) is 32.3 Å². The first kappa shape index (κ1) is 28.6. The van der Waals surface area contributed by atoms with Crippen LogP contribution in [0.3, 0.4) is 0 Å². The molecule has 4 rings (SSSR count). The van der Waals surface area contributed by atoms with Gasteiger partial charge in [0.05, 0.1) is 6.42 Å². The van der Waals surface area contributed by atoms with E-state index in [1.807, 2.05) is 19.1 Å². The molecule has 4 aromatic carbocycles. The lowest BCUT2D eigenvalue weighted by molar-refractivity contribution is -0.115. The molecule has 0 aromatic heterocycles. The summed E-state index contributed by atoms with van der Waals surface area (Å²) in [4.78, 5) is 27.2. The Balaban J connectivity index is 1.41. The van der Waals surface area contributed by atoms with Crippen molar-refractivity contribution >= 4 is 23.2 Å². The first-order chi connectivity index (χ1) is 19.0. The zero-order valence-corrected chi connectivity index (χ0v) is 22.3. The smallest absolute Gasteiger partial charge is 0.298 e. The lowest BCUT2D eigenvalue weighted by atomic mass is 10.0. The highest BCUT2D eigenvalue weighted by Crippen LogP contribution is 2.32. The Morgan fingerprint density at radius 3 is 2.23 bits per heavy atom. The summed E-state index contributed by atoms with van der Waals surface area (Å²) in [5.74, 6) is -4.36. The molecule has 0 aliphatic heterocycles. The molecule has 8 heteroatoms. The monoisotopic (exact) mass is 546 g/mol. The van der Waals surface area contributed by atoms with Crippen LogP contribution in [0.4, 0.5) is 24.5 Å². The Hall–Kier alpha value is -4.43. The Morgan fingerprint density at radius 1 is 0.950 bits per heavy atom. The summed E-state index contributed by atoms with van der Waals surface area (Å²) in [5, 5.41) is 12.0. The number of amides is 2. The van der Waals surface area contributed by atoms with Crippen molar-refractivity contribution in [3.8, 4) is 11.1 Å². The molecule has 5 nitrogen and oxygen atoms in total. The molecule has 0 saturated carbocycles. The maximum atomic E-state index is 14.4. The van der Waals surface area contributed by atoms with E-state index < -0.39 is 12.0 Å². The van der Waals surface area contributed by atoms with Crippen LogP contribution < -0.4 is 10.2 Å². The molecule has 2 N–H and O–H groups in total. The number of aliphatic hydroxyl groups is 1. The lowest BCUT2D eigenvalue weighted by Gasteiger charge is -2.20. The number of carbonyl (C=O) groups is 2. The van der Waals surface area contributed by atoms with Gasteiger partial charge in [0.1, 0.15) is 11.9 Å². The molecule has 0 heterocycles. The summed E-state index contributed by atoms with van der Waals surface area (Å²) < 4.78 is 42.2. The highest BCUT2D eigenvalue weighted by atomic mass is 19.3. The van der Waals surface area contributed by atoms with Gasteiger partial charge in [0.15, 0.2) is 0 Å². The predicted octanol–water partition coefficient (Wildman–Crippen LogP) is 6.73. The van der Waals surface area contributed by atoms with Crippen LogP contribution in [0.15, 0.2) is 91.0 Å². The number of carbonyl (C=O) groups excluding carboxylic acids is 2. The van der Waals surface area contributed by atoms with E-state index in [0.29, 0.717) is 33.6 Å². The molecular weight excluding hydrogens is 517 g/mol. The third-order valence-corrected chi connectivity index (χ3v) is 6.58. The molecule has 0 spiro atoms. The predicted molar refractivity (Wildman–Crippen MR) is 150 cm³/mol. The van der Waals surface area contributed by atoms with Crippen molar-refractivity contribution in [1.29, 1.82) is 0 Å². The number of alkyl halides is 2. The topological polar surface area (TPSA) is 69.6 Å². The van der Waals surface area contributed by atoms with E-state index in [-0.39, 0.29) is 29.6 Å². The normalized spacial score (nSPS) is 12.1. The number of hydrogen-bond donors (Lipinski definition) is 2. The van der Waals surface area contributed by atoms with Crippen molar-refractivity contribution in [3.63, 3.8) is 0 Å². The maximum Gasteiger partial charge on any atom is 0.298 e. The van der Waals surface area contributed by atoms with Crippen molar-refractivity contribution in [3.05, 3.63) is 119 Å². The molecule has 40 heavy (non-hydrogen) atoms. The largest absolute Gasteiger partial charge is 0.387 e. The average molecular weight is 547 g/mol. The zero-order valence-electron chi connectivity index (χ0n) is 22.3. The van der Waals surface area contributed by atoms with E-state index in [2.05, 4.69) is 5.32 Å². The molecule has 206 valence electrons. The summed E-state index contributed by atoms with van der Waals surface area (Å²) in [6.07, 6.45) is -1.87. The molecule has 1 atom stereocenters. The fraction of sp³-hybridized carbons (Fsp3) is 0.188. The molecular formula is C32H29F3N2O3. The first-order valence-corrected chi connectivity index (χ1v) is 12.7. The quantitative estimate of drug-likeness (QED) is 0.257. The number of rotatable bonds is 8. The number of aryl methyl sites for hydroxylation is 1. The SMILES string of the molecule is Cc1cc(-c2ccccc2F)cc(N(C)C(=O)c2ccc(NC(=O)Cc3ccc(C(F)(F)C(C)O)cc3)cc2)c1. The molecule has 0 fully saturated rings. The van der Waals surface area contributed by atoms with Crippen molar-refractivity contribution in [1.82, 2.24) is 0 Å². The summed E-state index contributed by atoms with van der Waals surface area (Å²) in [5.41, 5.74) is 3.66. The van der Waals surface area contributed by atoms with Gasteiger partial charge in [-0.15, -0.1) is 0 Å². The second kappa shape index (κ2) is 11.8. The van der Waals surface area contributed by atoms with Gasteiger partial charge in [-0.3, -0.25) is 9.59 Å². The second-order valence-corrected chi connectivity index (χ2v) is 9.70. The summed E-state index contributed by atoms with van der Waals surface area (Å²) in [6.45, 7) is 2.90. The average Bonchev–Trinajstić information content (AvgIpc) is 2.92. The van der Waals surface area contributed by atoms with Crippen molar-refractivity contribution in [2.75, 3.05) is 17.3 Å². The van der Waals surface area contributed by atoms with Gasteiger partial charge < -0.3 is 15.3 Å². The third kappa shape index (κ3) is 6.40. The van der Waals surface area contributed by atoms with Crippen LogP contribution in [0.1, 0.15) is 34.0 Å². The minimum atomic E-state index is -3.38. The van der Waals surface area contributed by atoms with Gasteiger partial charge in [-0.25, -0.2) is 4.39 Å². The number of halogens is 3. The maximum absolute atomic E-state index is 14.4. The Labute approximate surface area is 230 Å². The minimum absolute atomic E-state index is 0.0400. The number of anilines is 2. The molecule has 0 radical (unpaired) electrons. The first-order valence-electron chi connectivity index (χ1n) is 12.7. The van der Waals surface area contributed by atoms with Crippen molar-refractivity contribution in [2.24, 2.45) is 0 Å². The summed E-state index contributed by atoms with van der Waals surface area (Å²) in [7, 11) is 1.64. The number of hydrogen-bond acceptors (Lipinski definition) is 3. The highest BCUT2D eigenvalue weighted by Gasteiger charge is 2.37. The molecule has 2 amide bonds. The van der Waals surface area contributed by atoms with Crippen LogP contribution in [0.25, 0.3) is 11.1 Å². The highest BCUT2D eigenvalue weighted by molar-refractivity contribution is 6.06. The van der Waals surface area contributed by atoms with E-state index in [1.165, 1.54) is 35.2 Å². The Kier molecular flexibility index (Phi) is 8.40. The number of aliphatic hydroxyl groups excluding tert-OH is 1. The molecule has 0 aliphatic carbocycles. The molecule has 0 saturated heterocycles. The van der Waals surface area contributed by atoms with Gasteiger partial charge >= 0.3 is 0 Å². The van der Waals surface area contributed by atoms with E-state index in [9.17, 15) is 27.9 Å². The van der Waals surface area contributed by atoms with Gasteiger partial charge in [0.2, 0.25) is 5.91 Å². The lowest BCUT2D eigenvalue weighted by Crippen LogP contribution is -2.27. The number of benzene rings is 4. The van der Waals surface area contributed by atoms with E-state index >= 15 is 0 Å². The van der Waals surface area contributed by atoms with Gasteiger partial charge in [0.25, 0.3) is 11.8 Å². The van der Waals surface area contributed by atoms with Gasteiger partial charge in [0, 0.05) is 35.1 Å². The van der Waals surface area contributed by atoms with Crippen LogP contribution in [0.5, 0.6) is 0 Å². The molecule has 4 aromatic rings. The molecule has 0 bridgehead atoms. The van der Waals surface area contributed by atoms with Crippen LogP contribution in [0, 0.1) is 12.7 Å². The third-order valence-electron chi connectivity index (χ3n) is 6.58. The fourth-order valence-electron chi connectivity index (χ4n) is 4.29. The van der Waals surface area contributed by atoms with E-state index in [1.54, 1.807) is 55.6 Å².